The molecule has 0 bridgehead atoms. The van der Waals surface area contributed by atoms with Crippen LogP contribution in [-0.4, -0.2) is 37.4 Å². The van der Waals surface area contributed by atoms with E-state index in [4.69, 9.17) is 14.2 Å². The van der Waals surface area contributed by atoms with Crippen LogP contribution >= 0.6 is 0 Å². The molecular formula is C28H26F2N4O3. The van der Waals surface area contributed by atoms with Crippen LogP contribution in [0.15, 0.2) is 54.7 Å². The first-order valence-corrected chi connectivity index (χ1v) is 11.5. The molecule has 37 heavy (non-hydrogen) atoms. The van der Waals surface area contributed by atoms with Crippen molar-refractivity contribution in [1.82, 2.24) is 14.9 Å². The maximum Gasteiger partial charge on any atom is 0.203 e. The molecule has 0 unspecified atom stereocenters. The predicted molar refractivity (Wildman–Crippen MR) is 136 cm³/mol. The highest BCUT2D eigenvalue weighted by Gasteiger charge is 2.22. The summed E-state index contributed by atoms with van der Waals surface area (Å²) in [6, 6.07) is 14.4. The fraction of sp³-hybridized carbons (Fsp3) is 0.214. The number of methoxy groups -OCH3 is 3. The van der Waals surface area contributed by atoms with E-state index in [0.29, 0.717) is 40.7 Å². The Hall–Kier alpha value is -4.42. The maximum atomic E-state index is 14.9. The summed E-state index contributed by atoms with van der Waals surface area (Å²) in [7, 11) is 4.49. The number of hydrogen-bond donors (Lipinski definition) is 1. The van der Waals surface area contributed by atoms with Gasteiger partial charge >= 0.3 is 0 Å². The van der Waals surface area contributed by atoms with E-state index in [-0.39, 0.29) is 16.8 Å². The predicted octanol–water partition coefficient (Wildman–Crippen LogP) is 5.49. The lowest BCUT2D eigenvalue weighted by Crippen LogP contribution is -2.16. The second-order valence-electron chi connectivity index (χ2n) is 8.05. The van der Waals surface area contributed by atoms with Crippen molar-refractivity contribution in [1.29, 1.82) is 5.26 Å². The fourth-order valence-corrected chi connectivity index (χ4v) is 4.14. The van der Waals surface area contributed by atoms with Crippen LogP contribution in [0.25, 0.3) is 28.2 Å². The van der Waals surface area contributed by atoms with Gasteiger partial charge < -0.3 is 24.1 Å². The third-order valence-corrected chi connectivity index (χ3v) is 5.91. The van der Waals surface area contributed by atoms with Gasteiger partial charge in [0.15, 0.2) is 17.3 Å². The van der Waals surface area contributed by atoms with E-state index in [9.17, 15) is 14.0 Å². The molecule has 2 aromatic carbocycles. The van der Waals surface area contributed by atoms with Crippen LogP contribution in [0.4, 0.5) is 8.78 Å². The largest absolute Gasteiger partial charge is 0.493 e. The number of pyridine rings is 1. The minimum Gasteiger partial charge on any atom is -0.493 e. The second-order valence-corrected chi connectivity index (χ2v) is 8.05. The zero-order chi connectivity index (χ0) is 26.5. The van der Waals surface area contributed by atoms with E-state index < -0.39 is 11.6 Å². The van der Waals surface area contributed by atoms with E-state index in [1.165, 1.54) is 33.5 Å². The van der Waals surface area contributed by atoms with Gasteiger partial charge in [0, 0.05) is 35.6 Å². The average molecular weight is 505 g/mol. The lowest BCUT2D eigenvalue weighted by atomic mass is 9.97. The SMILES string of the molecule is CCNCc1cccn1-c1nc(-c2ccc(F)cc2F)cc(-c2cc(OC)c(OC)c(OC)c2)c1C#N. The van der Waals surface area contributed by atoms with Crippen molar-refractivity contribution in [3.05, 3.63) is 77.6 Å². The van der Waals surface area contributed by atoms with E-state index in [1.807, 2.05) is 19.1 Å². The summed E-state index contributed by atoms with van der Waals surface area (Å²) in [6.07, 6.45) is 1.79. The molecule has 2 heterocycles. The molecule has 0 saturated carbocycles. The molecular weight excluding hydrogens is 478 g/mol. The molecule has 4 aromatic rings. The highest BCUT2D eigenvalue weighted by molar-refractivity contribution is 5.81. The van der Waals surface area contributed by atoms with Crippen molar-refractivity contribution in [3.8, 4) is 51.5 Å². The standard InChI is InChI=1S/C28H26F2N4O3/c1-5-32-16-19-7-6-10-34(19)28-22(15-31)21(14-24(33-28)20-9-8-18(29)13-23(20)30)17-11-25(35-2)27(37-4)26(12-17)36-3/h6-14,32H,5,16H2,1-4H3. The molecule has 190 valence electrons. The Morgan fingerprint density at radius 3 is 2.30 bits per heavy atom. The Labute approximate surface area is 213 Å². The number of ether oxygens (including phenoxy) is 3. The average Bonchev–Trinajstić information content (AvgIpc) is 3.38. The number of halogens is 2. The summed E-state index contributed by atoms with van der Waals surface area (Å²) in [5.41, 5.74) is 2.49. The monoisotopic (exact) mass is 504 g/mol. The summed E-state index contributed by atoms with van der Waals surface area (Å²) in [6.45, 7) is 3.28. The Morgan fingerprint density at radius 1 is 0.973 bits per heavy atom. The summed E-state index contributed by atoms with van der Waals surface area (Å²) >= 11 is 0. The van der Waals surface area contributed by atoms with Gasteiger partial charge in [0.2, 0.25) is 5.75 Å². The number of rotatable bonds is 9. The first-order chi connectivity index (χ1) is 17.9. The molecule has 1 N–H and O–H groups in total. The van der Waals surface area contributed by atoms with Gasteiger partial charge in [0.05, 0.1) is 27.0 Å². The third kappa shape index (κ3) is 4.97. The minimum absolute atomic E-state index is 0.0984. The van der Waals surface area contributed by atoms with Gasteiger partial charge in [-0.25, -0.2) is 13.8 Å². The van der Waals surface area contributed by atoms with Crippen LogP contribution in [0.5, 0.6) is 17.2 Å². The number of nitrogens with zero attached hydrogens (tertiary/aromatic N) is 3. The van der Waals surface area contributed by atoms with Gasteiger partial charge in [-0.15, -0.1) is 0 Å². The summed E-state index contributed by atoms with van der Waals surface area (Å²) in [4.78, 5) is 4.68. The lowest BCUT2D eigenvalue weighted by Gasteiger charge is -2.18. The quantitative estimate of drug-likeness (QED) is 0.325. The van der Waals surface area contributed by atoms with Gasteiger partial charge in [0.1, 0.15) is 23.3 Å². The van der Waals surface area contributed by atoms with E-state index >= 15 is 0 Å². The molecule has 0 aliphatic carbocycles. The number of hydrogen-bond acceptors (Lipinski definition) is 6. The van der Waals surface area contributed by atoms with Crippen molar-refractivity contribution in [2.75, 3.05) is 27.9 Å². The van der Waals surface area contributed by atoms with Crippen LogP contribution in [0.1, 0.15) is 18.2 Å². The highest BCUT2D eigenvalue weighted by atomic mass is 19.1. The van der Waals surface area contributed by atoms with Crippen molar-refractivity contribution in [3.63, 3.8) is 0 Å². The fourth-order valence-electron chi connectivity index (χ4n) is 4.14. The topological polar surface area (TPSA) is 81.3 Å². The Bertz CT molecular complexity index is 1450. The third-order valence-electron chi connectivity index (χ3n) is 5.91. The Morgan fingerprint density at radius 2 is 1.70 bits per heavy atom. The Kier molecular flexibility index (Phi) is 7.70. The molecule has 0 fully saturated rings. The van der Waals surface area contributed by atoms with Gasteiger partial charge in [-0.3, -0.25) is 0 Å². The molecule has 4 rings (SSSR count). The molecule has 2 aromatic heterocycles. The van der Waals surface area contributed by atoms with Gasteiger partial charge in [-0.1, -0.05) is 6.92 Å². The lowest BCUT2D eigenvalue weighted by molar-refractivity contribution is 0.324. The van der Waals surface area contributed by atoms with Crippen LogP contribution < -0.4 is 19.5 Å². The first-order valence-electron chi connectivity index (χ1n) is 11.5. The van der Waals surface area contributed by atoms with Gasteiger partial charge in [-0.05, 0) is 54.6 Å². The number of benzene rings is 2. The molecule has 0 saturated heterocycles. The number of aromatic nitrogens is 2. The summed E-state index contributed by atoms with van der Waals surface area (Å²) in [5.74, 6) is 0.0255. The van der Waals surface area contributed by atoms with Crippen molar-refractivity contribution < 1.29 is 23.0 Å². The zero-order valence-electron chi connectivity index (χ0n) is 20.9. The molecule has 0 aliphatic rings. The smallest absolute Gasteiger partial charge is 0.203 e. The van der Waals surface area contributed by atoms with Crippen LogP contribution in [0.2, 0.25) is 0 Å². The second kappa shape index (κ2) is 11.1. The molecule has 9 heteroatoms. The maximum absolute atomic E-state index is 14.9. The summed E-state index contributed by atoms with van der Waals surface area (Å²) in [5, 5.41) is 13.6. The van der Waals surface area contributed by atoms with E-state index in [2.05, 4.69) is 16.4 Å². The highest BCUT2D eigenvalue weighted by Crippen LogP contribution is 2.43. The first kappa shape index (κ1) is 25.7. The molecule has 0 amide bonds. The molecule has 0 spiro atoms. The van der Waals surface area contributed by atoms with Crippen molar-refractivity contribution in [2.45, 2.75) is 13.5 Å². The number of nitriles is 1. The van der Waals surface area contributed by atoms with Crippen LogP contribution in [-0.2, 0) is 6.54 Å². The molecule has 0 aliphatic heterocycles. The van der Waals surface area contributed by atoms with Crippen molar-refractivity contribution >= 4 is 0 Å². The van der Waals surface area contributed by atoms with Gasteiger partial charge in [-0.2, -0.15) is 5.26 Å². The minimum atomic E-state index is -0.764. The van der Waals surface area contributed by atoms with Crippen LogP contribution in [0, 0.1) is 23.0 Å². The van der Waals surface area contributed by atoms with E-state index in [0.717, 1.165) is 18.3 Å². The molecule has 0 radical (unpaired) electrons. The molecule has 7 nitrogen and oxygen atoms in total. The van der Waals surface area contributed by atoms with Crippen LogP contribution in [0.3, 0.4) is 0 Å². The Balaban J connectivity index is 2.06. The van der Waals surface area contributed by atoms with Crippen molar-refractivity contribution in [2.24, 2.45) is 0 Å². The van der Waals surface area contributed by atoms with E-state index in [1.54, 1.807) is 29.0 Å². The van der Waals surface area contributed by atoms with Gasteiger partial charge in [0.25, 0.3) is 0 Å². The zero-order valence-corrected chi connectivity index (χ0v) is 20.9. The number of nitrogens with one attached hydrogen (secondary N) is 1. The normalized spacial score (nSPS) is 10.7. The molecule has 0 atom stereocenters. The summed E-state index contributed by atoms with van der Waals surface area (Å²) < 4.78 is 46.8.